The van der Waals surface area contributed by atoms with E-state index in [0.717, 1.165) is 56.5 Å². The highest BCUT2D eigenvalue weighted by molar-refractivity contribution is 5.88. The molecule has 0 spiro atoms. The molecule has 0 aromatic carbocycles. The zero-order chi connectivity index (χ0) is 19.5. The van der Waals surface area contributed by atoms with E-state index >= 15 is 0 Å². The lowest BCUT2D eigenvalue weighted by Gasteiger charge is -2.57. The number of carbonyl (C=O) groups excluding carboxylic acids is 1. The molecule has 0 aromatic rings. The minimum absolute atomic E-state index is 0.123. The molecule has 1 amide bonds. The summed E-state index contributed by atoms with van der Waals surface area (Å²) in [5, 5.41) is 10.2. The van der Waals surface area contributed by atoms with Gasteiger partial charge in [-0.05, 0) is 92.8 Å². The molecular weight excluding hydrogens is 346 g/mol. The van der Waals surface area contributed by atoms with Gasteiger partial charge in [-0.1, -0.05) is 31.1 Å². The first-order valence-corrected chi connectivity index (χ1v) is 11.8. The Labute approximate surface area is 170 Å². The van der Waals surface area contributed by atoms with Gasteiger partial charge < -0.3 is 10.0 Å². The highest BCUT2D eigenvalue weighted by Crippen LogP contribution is 2.66. The van der Waals surface area contributed by atoms with Crippen LogP contribution in [0.4, 0.5) is 0 Å². The van der Waals surface area contributed by atoms with Crippen LogP contribution in [0, 0.1) is 28.6 Å². The maximum absolute atomic E-state index is 12.8. The Morgan fingerprint density at radius 2 is 1.82 bits per heavy atom. The van der Waals surface area contributed by atoms with Crippen molar-refractivity contribution in [2.75, 3.05) is 13.1 Å². The molecule has 1 aliphatic heterocycles. The Kier molecular flexibility index (Phi) is 4.54. The van der Waals surface area contributed by atoms with Gasteiger partial charge in [0.15, 0.2) is 0 Å². The highest BCUT2D eigenvalue weighted by Gasteiger charge is 2.57. The van der Waals surface area contributed by atoms with Crippen LogP contribution in [-0.2, 0) is 4.79 Å². The van der Waals surface area contributed by atoms with Crippen LogP contribution >= 0.6 is 0 Å². The fourth-order valence-corrected chi connectivity index (χ4v) is 7.90. The summed E-state index contributed by atoms with van der Waals surface area (Å²) in [7, 11) is 0. The number of carbonyl (C=O) groups is 1. The van der Waals surface area contributed by atoms with E-state index in [1.165, 1.54) is 44.1 Å². The second kappa shape index (κ2) is 6.72. The second-order valence-corrected chi connectivity index (χ2v) is 10.9. The molecule has 0 radical (unpaired) electrons. The van der Waals surface area contributed by atoms with E-state index in [1.807, 2.05) is 0 Å². The van der Waals surface area contributed by atoms with Crippen molar-refractivity contribution in [3.05, 3.63) is 23.3 Å². The van der Waals surface area contributed by atoms with Gasteiger partial charge in [0.1, 0.15) is 0 Å². The van der Waals surface area contributed by atoms with Crippen molar-refractivity contribution in [3.63, 3.8) is 0 Å². The molecule has 28 heavy (non-hydrogen) atoms. The van der Waals surface area contributed by atoms with E-state index < -0.39 is 0 Å². The Bertz CT molecular complexity index is 718. The molecule has 4 aliphatic carbocycles. The number of hydrogen-bond donors (Lipinski definition) is 1. The molecular formula is C25H37NO2. The number of likely N-dealkylation sites (tertiary alicyclic amines) is 1. The molecule has 6 atom stereocenters. The number of aliphatic hydroxyl groups excluding tert-OH is 1. The van der Waals surface area contributed by atoms with Crippen molar-refractivity contribution in [1.82, 2.24) is 4.90 Å². The van der Waals surface area contributed by atoms with Crippen molar-refractivity contribution < 1.29 is 9.90 Å². The molecule has 3 nitrogen and oxygen atoms in total. The van der Waals surface area contributed by atoms with E-state index in [4.69, 9.17) is 0 Å². The van der Waals surface area contributed by atoms with Crippen LogP contribution in [-0.4, -0.2) is 35.1 Å². The molecule has 5 aliphatic rings. The van der Waals surface area contributed by atoms with E-state index in [0.29, 0.717) is 5.41 Å². The average molecular weight is 384 g/mol. The highest BCUT2D eigenvalue weighted by atomic mass is 16.3. The van der Waals surface area contributed by atoms with Crippen LogP contribution in [0.2, 0.25) is 0 Å². The van der Waals surface area contributed by atoms with E-state index in [2.05, 4.69) is 30.9 Å². The molecule has 4 fully saturated rings. The molecule has 1 heterocycles. The smallest absolute Gasteiger partial charge is 0.246 e. The fraction of sp³-hybridized carbons (Fsp3) is 0.800. The average Bonchev–Trinajstić information content (AvgIpc) is 3.31. The first-order valence-electron chi connectivity index (χ1n) is 11.8. The molecule has 0 aromatic heterocycles. The summed E-state index contributed by atoms with van der Waals surface area (Å²) in [5.41, 5.74) is 3.54. The lowest BCUT2D eigenvalue weighted by Crippen LogP contribution is -2.49. The van der Waals surface area contributed by atoms with Gasteiger partial charge in [-0.2, -0.15) is 0 Å². The Hall–Kier alpha value is -1.09. The van der Waals surface area contributed by atoms with Crippen molar-refractivity contribution in [3.8, 4) is 0 Å². The Balaban J connectivity index is 1.40. The van der Waals surface area contributed by atoms with Crippen LogP contribution in [0.25, 0.3) is 0 Å². The molecule has 5 rings (SSSR count). The topological polar surface area (TPSA) is 40.5 Å². The predicted molar refractivity (Wildman–Crippen MR) is 112 cm³/mol. The third-order valence-corrected chi connectivity index (χ3v) is 9.64. The van der Waals surface area contributed by atoms with Gasteiger partial charge >= 0.3 is 0 Å². The molecule has 0 unspecified atom stereocenters. The molecule has 3 heteroatoms. The first kappa shape index (κ1) is 18.9. The maximum Gasteiger partial charge on any atom is 0.246 e. The number of amides is 1. The Morgan fingerprint density at radius 1 is 1.11 bits per heavy atom. The van der Waals surface area contributed by atoms with Gasteiger partial charge in [-0.15, -0.1) is 0 Å². The first-order chi connectivity index (χ1) is 13.4. The van der Waals surface area contributed by atoms with Crippen molar-refractivity contribution >= 4 is 5.91 Å². The predicted octanol–water partition coefficient (Wildman–Crippen LogP) is 4.86. The minimum atomic E-state index is -0.123. The molecule has 1 saturated heterocycles. The quantitative estimate of drug-likeness (QED) is 0.519. The van der Waals surface area contributed by atoms with Crippen molar-refractivity contribution in [1.29, 1.82) is 0 Å². The monoisotopic (exact) mass is 383 g/mol. The van der Waals surface area contributed by atoms with Gasteiger partial charge in [0.25, 0.3) is 0 Å². The van der Waals surface area contributed by atoms with Crippen LogP contribution < -0.4 is 0 Å². The summed E-state index contributed by atoms with van der Waals surface area (Å²) in [6.45, 7) is 6.86. The number of allylic oxidation sites excluding steroid dienone is 2. The summed E-state index contributed by atoms with van der Waals surface area (Å²) in [5.74, 6) is 2.53. The molecule has 0 bridgehead atoms. The fourth-order valence-electron chi connectivity index (χ4n) is 7.90. The summed E-state index contributed by atoms with van der Waals surface area (Å²) in [6.07, 6.45) is 15.9. The van der Waals surface area contributed by atoms with Gasteiger partial charge in [-0.3, -0.25) is 4.79 Å². The lowest BCUT2D eigenvalue weighted by atomic mass is 9.48. The number of hydrogen-bond acceptors (Lipinski definition) is 2. The third kappa shape index (κ3) is 2.75. The molecule has 3 saturated carbocycles. The van der Waals surface area contributed by atoms with Crippen LogP contribution in [0.1, 0.15) is 78.1 Å². The number of fused-ring (bicyclic) bond motifs is 5. The second-order valence-electron chi connectivity index (χ2n) is 10.9. The van der Waals surface area contributed by atoms with Crippen LogP contribution in [0.15, 0.2) is 23.3 Å². The van der Waals surface area contributed by atoms with E-state index in [1.54, 1.807) is 5.57 Å². The van der Waals surface area contributed by atoms with Crippen molar-refractivity contribution in [2.45, 2.75) is 84.2 Å². The summed E-state index contributed by atoms with van der Waals surface area (Å²) < 4.78 is 0. The third-order valence-electron chi connectivity index (χ3n) is 9.64. The normalized spacial score (nSPS) is 46.8. The zero-order valence-electron chi connectivity index (χ0n) is 17.8. The van der Waals surface area contributed by atoms with E-state index in [-0.39, 0.29) is 17.4 Å². The number of aliphatic hydroxyl groups is 1. The largest absolute Gasteiger partial charge is 0.393 e. The zero-order valence-corrected chi connectivity index (χ0v) is 17.8. The standard InChI is InChI=1S/C25H37NO2/c1-24-11-9-19(27)15-17(24)5-7-20-21-8-6-18(25(21,2)12-10-22(20)24)16-23(28)26-13-3-4-14-26/h5,16,19-22,27H,3-4,6-15H2,1-2H3/b18-16-/t19-,20-,21-,22-,24-,25+/m0/s1. The van der Waals surface area contributed by atoms with E-state index in [9.17, 15) is 9.90 Å². The Morgan fingerprint density at radius 3 is 2.61 bits per heavy atom. The SMILES string of the molecule is C[C@]12CC[C@H](O)CC1=CC[C@@H]1[C@@H]2CC[C@]2(C)/C(=C\C(=O)N3CCCC3)CC[C@@H]12. The maximum atomic E-state index is 12.8. The van der Waals surface area contributed by atoms with Crippen LogP contribution in [0.3, 0.4) is 0 Å². The lowest BCUT2D eigenvalue weighted by molar-refractivity contribution is -0.125. The number of nitrogens with zero attached hydrogens (tertiary/aromatic N) is 1. The van der Waals surface area contributed by atoms with Gasteiger partial charge in [0.05, 0.1) is 6.10 Å². The minimum Gasteiger partial charge on any atom is -0.393 e. The summed E-state index contributed by atoms with van der Waals surface area (Å²) in [4.78, 5) is 14.8. The summed E-state index contributed by atoms with van der Waals surface area (Å²) in [6, 6.07) is 0. The van der Waals surface area contributed by atoms with Gasteiger partial charge in [-0.25, -0.2) is 0 Å². The number of rotatable bonds is 1. The van der Waals surface area contributed by atoms with Gasteiger partial charge in [0.2, 0.25) is 5.91 Å². The molecule has 1 N–H and O–H groups in total. The van der Waals surface area contributed by atoms with Crippen LogP contribution in [0.5, 0.6) is 0 Å². The van der Waals surface area contributed by atoms with Gasteiger partial charge in [0, 0.05) is 19.2 Å². The summed E-state index contributed by atoms with van der Waals surface area (Å²) >= 11 is 0. The molecule has 154 valence electrons. The van der Waals surface area contributed by atoms with Crippen molar-refractivity contribution in [2.24, 2.45) is 28.6 Å².